The summed E-state index contributed by atoms with van der Waals surface area (Å²) in [4.78, 5) is 76.1. The van der Waals surface area contributed by atoms with Crippen molar-refractivity contribution in [3.8, 4) is 0 Å². The van der Waals surface area contributed by atoms with E-state index >= 15 is 0 Å². The second-order valence-electron chi connectivity index (χ2n) is 12.5. The highest BCUT2D eigenvalue weighted by molar-refractivity contribution is 7.98. The van der Waals surface area contributed by atoms with Gasteiger partial charge in [-0.2, -0.15) is 11.8 Å². The van der Waals surface area contributed by atoms with E-state index in [-0.39, 0.29) is 44.1 Å². The van der Waals surface area contributed by atoms with Crippen molar-refractivity contribution in [2.24, 2.45) is 17.4 Å². The number of H-pyrrole nitrogens is 2. The van der Waals surface area contributed by atoms with Crippen LogP contribution in [0.25, 0.3) is 10.9 Å². The molecule has 4 amide bonds. The fourth-order valence-electron chi connectivity index (χ4n) is 5.34. The smallest absolute Gasteiger partial charge is 0.326 e. The van der Waals surface area contributed by atoms with E-state index in [1.165, 1.54) is 18.1 Å². The van der Waals surface area contributed by atoms with Crippen LogP contribution in [0.3, 0.4) is 0 Å². The van der Waals surface area contributed by atoms with E-state index in [1.807, 2.05) is 30.5 Å². The molecule has 278 valence electrons. The summed E-state index contributed by atoms with van der Waals surface area (Å²) >= 11 is 1.45. The molecule has 0 bridgehead atoms. The minimum absolute atomic E-state index is 0.0162. The first-order chi connectivity index (χ1) is 24.3. The minimum Gasteiger partial charge on any atom is -0.480 e. The number of nitrogens with two attached hydrogens (primary N) is 2. The molecule has 51 heavy (non-hydrogen) atoms. The first-order valence-electron chi connectivity index (χ1n) is 16.6. The molecule has 13 N–H and O–H groups in total. The molecule has 0 fully saturated rings. The molecule has 0 unspecified atom stereocenters. The maximum absolute atomic E-state index is 13.7. The fourth-order valence-corrected chi connectivity index (χ4v) is 5.82. The number of para-hydroxylation sites is 1. The molecular weight excluding hydrogens is 679 g/mol. The number of aromatic nitrogens is 3. The van der Waals surface area contributed by atoms with E-state index in [4.69, 9.17) is 16.9 Å². The van der Waals surface area contributed by atoms with Crippen LogP contribution in [-0.4, -0.2) is 104 Å². The normalized spacial score (nSPS) is 14.1. The number of carboxylic acids is 1. The highest BCUT2D eigenvalue weighted by Crippen LogP contribution is 2.19. The zero-order chi connectivity index (χ0) is 37.5. The second kappa shape index (κ2) is 19.9. The zero-order valence-electron chi connectivity index (χ0n) is 29.0. The van der Waals surface area contributed by atoms with Crippen molar-refractivity contribution in [1.82, 2.24) is 41.5 Å². The predicted molar refractivity (Wildman–Crippen MR) is 195 cm³/mol. The van der Waals surface area contributed by atoms with E-state index in [0.717, 1.165) is 10.9 Å². The number of carbonyl (C=O) groups excluding carboxylic acids is 4. The fraction of sp³-hybridized carbons (Fsp3) is 0.485. The van der Waals surface area contributed by atoms with Crippen LogP contribution in [0.1, 0.15) is 44.4 Å². The summed E-state index contributed by atoms with van der Waals surface area (Å²) in [5, 5.41) is 31.6. The molecule has 2 heterocycles. The lowest BCUT2D eigenvalue weighted by Crippen LogP contribution is -2.59. The third-order valence-electron chi connectivity index (χ3n) is 8.14. The van der Waals surface area contributed by atoms with Crippen LogP contribution in [0.2, 0.25) is 0 Å². The molecule has 0 saturated heterocycles. The Morgan fingerprint density at radius 2 is 1.59 bits per heavy atom. The maximum atomic E-state index is 13.7. The van der Waals surface area contributed by atoms with E-state index in [0.29, 0.717) is 23.4 Å². The Morgan fingerprint density at radius 1 is 0.922 bits per heavy atom. The Kier molecular flexibility index (Phi) is 15.8. The van der Waals surface area contributed by atoms with Gasteiger partial charge in [0.1, 0.15) is 24.2 Å². The number of hydrogen-bond donors (Lipinski definition) is 11. The Morgan fingerprint density at radius 3 is 2.22 bits per heavy atom. The van der Waals surface area contributed by atoms with E-state index < -0.39 is 59.8 Å². The van der Waals surface area contributed by atoms with Crippen molar-refractivity contribution in [2.75, 3.05) is 18.6 Å². The van der Waals surface area contributed by atoms with E-state index in [2.05, 4.69) is 41.5 Å². The van der Waals surface area contributed by atoms with Crippen LogP contribution in [0.4, 0.5) is 0 Å². The third-order valence-corrected chi connectivity index (χ3v) is 8.79. The number of nitrogens with one attached hydrogen (secondary N) is 8. The van der Waals surface area contributed by atoms with Gasteiger partial charge in [-0.3, -0.25) is 24.6 Å². The molecule has 1 aromatic carbocycles. The van der Waals surface area contributed by atoms with Gasteiger partial charge in [-0.25, -0.2) is 9.78 Å². The van der Waals surface area contributed by atoms with E-state index in [9.17, 15) is 29.1 Å². The molecular formula is C33H49N11O6S. The molecule has 3 aromatic rings. The number of carbonyl (C=O) groups is 5. The highest BCUT2D eigenvalue weighted by atomic mass is 32.2. The number of thioether (sulfide) groups is 1. The summed E-state index contributed by atoms with van der Waals surface area (Å²) in [6.07, 6.45) is 7.32. The van der Waals surface area contributed by atoms with Crippen LogP contribution in [-0.2, 0) is 36.8 Å². The number of benzene rings is 1. The third kappa shape index (κ3) is 12.6. The van der Waals surface area contributed by atoms with Crippen LogP contribution < -0.4 is 38.1 Å². The molecule has 3 rings (SSSR count). The lowest BCUT2D eigenvalue weighted by Gasteiger charge is -2.27. The largest absolute Gasteiger partial charge is 0.480 e. The molecule has 0 aliphatic heterocycles. The number of guanidine groups is 1. The molecule has 5 atom stereocenters. The number of imidazole rings is 1. The number of amides is 4. The van der Waals surface area contributed by atoms with Crippen molar-refractivity contribution in [1.29, 1.82) is 5.41 Å². The molecule has 0 spiro atoms. The second-order valence-corrected chi connectivity index (χ2v) is 13.4. The maximum Gasteiger partial charge on any atom is 0.326 e. The molecule has 17 nitrogen and oxygen atoms in total. The number of rotatable bonds is 21. The van der Waals surface area contributed by atoms with Gasteiger partial charge in [-0.15, -0.1) is 0 Å². The average molecular weight is 728 g/mol. The Hall–Kier alpha value is -5.10. The Bertz CT molecular complexity index is 1630. The van der Waals surface area contributed by atoms with Crippen molar-refractivity contribution in [3.05, 3.63) is 54.2 Å². The first-order valence-corrected chi connectivity index (χ1v) is 18.0. The zero-order valence-corrected chi connectivity index (χ0v) is 29.8. The Balaban J connectivity index is 1.75. The van der Waals surface area contributed by atoms with Crippen molar-refractivity contribution < 1.29 is 29.1 Å². The van der Waals surface area contributed by atoms with Gasteiger partial charge in [0.05, 0.1) is 18.1 Å². The monoisotopic (exact) mass is 727 g/mol. The van der Waals surface area contributed by atoms with Crippen LogP contribution >= 0.6 is 11.8 Å². The number of aromatic amines is 2. The lowest BCUT2D eigenvalue weighted by atomic mass is 10.0. The summed E-state index contributed by atoms with van der Waals surface area (Å²) in [5.41, 5.74) is 13.6. The van der Waals surface area contributed by atoms with Crippen LogP contribution in [0.15, 0.2) is 43.0 Å². The Labute approximate surface area is 300 Å². The molecule has 0 aliphatic rings. The van der Waals surface area contributed by atoms with Gasteiger partial charge in [0, 0.05) is 42.7 Å². The standard InChI is InChI=1S/C33H49N11O6S/c1-18(2)27(44-28(45)22(34)14-20-16-37-17-40-20)31(48)42-25(10-12-51-3)30(47)41-24(9-6-11-38-33(35)36)29(46)43-26(32(49)50)13-19-15-39-23-8-5-4-7-21(19)23/h4-5,7-8,15-18,22,24-27,39H,6,9-14,34H2,1-3H3,(H,37,40)(H,41,47)(H,42,48)(H,43,46)(H,44,45)(H,49,50)(H4,35,36,38)/t22-,24-,25-,26-,27-/m0/s1. The van der Waals surface area contributed by atoms with E-state index in [1.54, 1.807) is 26.2 Å². The van der Waals surface area contributed by atoms with Crippen LogP contribution in [0, 0.1) is 11.3 Å². The predicted octanol–water partition coefficient (Wildman–Crippen LogP) is -0.300. The molecule has 0 saturated carbocycles. The van der Waals surface area contributed by atoms with Crippen molar-refractivity contribution >= 4 is 58.2 Å². The number of aliphatic carboxylic acids is 1. The minimum atomic E-state index is -1.31. The van der Waals surface area contributed by atoms with Gasteiger partial charge < -0.3 is 53.1 Å². The summed E-state index contributed by atoms with van der Waals surface area (Å²) in [7, 11) is 0. The summed E-state index contributed by atoms with van der Waals surface area (Å²) in [6, 6.07) is 1.80. The molecule has 2 aromatic heterocycles. The number of carboxylic acid groups (broad SMARTS) is 1. The number of fused-ring (bicyclic) bond motifs is 1. The van der Waals surface area contributed by atoms with Gasteiger partial charge in [0.25, 0.3) is 0 Å². The molecule has 0 aliphatic carbocycles. The average Bonchev–Trinajstić information content (AvgIpc) is 3.75. The lowest BCUT2D eigenvalue weighted by molar-refractivity contribution is -0.142. The quantitative estimate of drug-likeness (QED) is 0.0385. The highest BCUT2D eigenvalue weighted by Gasteiger charge is 2.33. The summed E-state index contributed by atoms with van der Waals surface area (Å²) in [5.74, 6) is -3.97. The van der Waals surface area contributed by atoms with Gasteiger partial charge in [-0.05, 0) is 48.8 Å². The van der Waals surface area contributed by atoms with Gasteiger partial charge in [-0.1, -0.05) is 32.0 Å². The SMILES string of the molecule is CSCC[C@H](NC(=O)[C@@H](NC(=O)[C@@H](N)Cc1c[nH]cn1)C(C)C)C(=O)N[C@@H](CCCNC(=N)N)C(=O)N[C@@H](Cc1c[nH]c2ccccc12)C(=O)O. The topological polar surface area (TPSA) is 286 Å². The summed E-state index contributed by atoms with van der Waals surface area (Å²) in [6.45, 7) is 3.70. The van der Waals surface area contributed by atoms with Gasteiger partial charge in [0.2, 0.25) is 23.6 Å². The van der Waals surface area contributed by atoms with Gasteiger partial charge in [0.15, 0.2) is 5.96 Å². The van der Waals surface area contributed by atoms with Crippen molar-refractivity contribution in [2.45, 2.75) is 76.2 Å². The molecule has 18 heteroatoms. The molecule has 0 radical (unpaired) electrons. The number of hydrogen-bond acceptors (Lipinski definition) is 9. The first kappa shape index (κ1) is 40.3. The van der Waals surface area contributed by atoms with Crippen molar-refractivity contribution in [3.63, 3.8) is 0 Å². The van der Waals surface area contributed by atoms with Crippen LogP contribution in [0.5, 0.6) is 0 Å². The number of nitrogens with zero attached hydrogens (tertiary/aromatic N) is 1. The van der Waals surface area contributed by atoms with Gasteiger partial charge >= 0.3 is 5.97 Å². The summed E-state index contributed by atoms with van der Waals surface area (Å²) < 4.78 is 0.